The molecule has 2 amide bonds. The van der Waals surface area contributed by atoms with Crippen molar-refractivity contribution in [2.45, 2.75) is 6.92 Å². The molecule has 3 aromatic carbocycles. The van der Waals surface area contributed by atoms with Gasteiger partial charge in [-0.15, -0.1) is 0 Å². The molecule has 0 atom stereocenters. The summed E-state index contributed by atoms with van der Waals surface area (Å²) >= 11 is 0. The molecule has 154 valence electrons. The van der Waals surface area contributed by atoms with Gasteiger partial charge in [-0.25, -0.2) is 4.79 Å². The number of benzene rings is 3. The number of nitrogens with one attached hydrogen (secondary N) is 2. The molecule has 3 rings (SSSR count). The van der Waals surface area contributed by atoms with Crippen molar-refractivity contribution in [3.05, 3.63) is 77.9 Å². The summed E-state index contributed by atoms with van der Waals surface area (Å²) in [5, 5.41) is 7.43. The average molecular weight is 406 g/mol. The quantitative estimate of drug-likeness (QED) is 0.356. The summed E-state index contributed by atoms with van der Waals surface area (Å²) in [6, 6.07) is 19.3. The molecule has 0 aliphatic rings. The molecular formula is C23H22N2O5. The Morgan fingerprint density at radius 3 is 2.20 bits per heavy atom. The highest BCUT2D eigenvalue weighted by Crippen LogP contribution is 2.18. The van der Waals surface area contributed by atoms with Gasteiger partial charge in [0, 0.05) is 24.2 Å². The van der Waals surface area contributed by atoms with Crippen LogP contribution in [0.25, 0.3) is 10.8 Å². The van der Waals surface area contributed by atoms with Crippen LogP contribution in [0.1, 0.15) is 27.6 Å². The van der Waals surface area contributed by atoms with Crippen LogP contribution in [0.2, 0.25) is 0 Å². The summed E-state index contributed by atoms with van der Waals surface area (Å²) in [4.78, 5) is 36.0. The fourth-order valence-electron chi connectivity index (χ4n) is 2.89. The first-order valence-corrected chi connectivity index (χ1v) is 9.57. The summed E-state index contributed by atoms with van der Waals surface area (Å²) < 4.78 is 9.64. The minimum Gasteiger partial charge on any atom is -0.434 e. The van der Waals surface area contributed by atoms with Gasteiger partial charge in [0.25, 0.3) is 11.8 Å². The van der Waals surface area contributed by atoms with E-state index in [4.69, 9.17) is 4.74 Å². The van der Waals surface area contributed by atoms with Crippen molar-refractivity contribution >= 4 is 28.7 Å². The van der Waals surface area contributed by atoms with Gasteiger partial charge in [-0.2, -0.15) is 0 Å². The van der Waals surface area contributed by atoms with Crippen LogP contribution in [0.15, 0.2) is 66.7 Å². The van der Waals surface area contributed by atoms with Crippen LogP contribution in [0.5, 0.6) is 5.75 Å². The maximum absolute atomic E-state index is 12.5. The lowest BCUT2D eigenvalue weighted by Crippen LogP contribution is -2.34. The fourth-order valence-corrected chi connectivity index (χ4v) is 2.89. The summed E-state index contributed by atoms with van der Waals surface area (Å²) in [6.45, 7) is 2.46. The Bertz CT molecular complexity index is 1040. The summed E-state index contributed by atoms with van der Waals surface area (Å²) in [7, 11) is 0. The van der Waals surface area contributed by atoms with E-state index in [0.29, 0.717) is 11.1 Å². The van der Waals surface area contributed by atoms with Crippen molar-refractivity contribution in [3.63, 3.8) is 0 Å². The summed E-state index contributed by atoms with van der Waals surface area (Å²) in [5.74, 6) is -0.203. The van der Waals surface area contributed by atoms with Crippen molar-refractivity contribution in [2.75, 3.05) is 19.7 Å². The van der Waals surface area contributed by atoms with E-state index in [1.165, 1.54) is 12.1 Å². The Labute approximate surface area is 174 Å². The first-order chi connectivity index (χ1) is 14.6. The number of hydrogen-bond acceptors (Lipinski definition) is 5. The molecule has 3 aromatic rings. The van der Waals surface area contributed by atoms with E-state index in [9.17, 15) is 14.4 Å². The Hall–Kier alpha value is -3.87. The highest BCUT2D eigenvalue weighted by molar-refractivity contribution is 6.07. The normalized spacial score (nSPS) is 10.3. The number of amides is 2. The predicted octanol–water partition coefficient (Wildman–Crippen LogP) is 3.53. The van der Waals surface area contributed by atoms with Crippen LogP contribution in [0.3, 0.4) is 0 Å². The Kier molecular flexibility index (Phi) is 7.00. The average Bonchev–Trinajstić information content (AvgIpc) is 2.76. The summed E-state index contributed by atoms with van der Waals surface area (Å²) in [6.07, 6.45) is -0.795. The molecule has 0 aliphatic carbocycles. The molecule has 0 bridgehead atoms. The second-order valence-corrected chi connectivity index (χ2v) is 6.35. The van der Waals surface area contributed by atoms with E-state index in [0.717, 1.165) is 10.8 Å². The lowest BCUT2D eigenvalue weighted by Gasteiger charge is -2.09. The third-order valence-electron chi connectivity index (χ3n) is 4.31. The van der Waals surface area contributed by atoms with E-state index in [1.807, 2.05) is 36.4 Å². The van der Waals surface area contributed by atoms with E-state index in [2.05, 4.69) is 15.4 Å². The SMILES string of the molecule is CCOC(=O)Oc1ccc(C(=O)NCCNC(=O)c2cccc3ccccc23)cc1. The van der Waals surface area contributed by atoms with Crippen molar-refractivity contribution in [1.29, 1.82) is 0 Å². The van der Waals surface area contributed by atoms with Crippen LogP contribution in [0, 0.1) is 0 Å². The lowest BCUT2D eigenvalue weighted by molar-refractivity contribution is 0.0928. The number of carbonyl (C=O) groups is 3. The summed E-state index contributed by atoms with van der Waals surface area (Å²) in [5.41, 5.74) is 1.00. The largest absolute Gasteiger partial charge is 0.513 e. The van der Waals surface area contributed by atoms with E-state index >= 15 is 0 Å². The van der Waals surface area contributed by atoms with Crippen molar-refractivity contribution in [3.8, 4) is 5.75 Å². The van der Waals surface area contributed by atoms with Crippen LogP contribution in [-0.2, 0) is 4.74 Å². The Morgan fingerprint density at radius 1 is 0.800 bits per heavy atom. The Morgan fingerprint density at radius 2 is 1.47 bits per heavy atom. The molecule has 0 saturated carbocycles. The maximum atomic E-state index is 12.5. The van der Waals surface area contributed by atoms with Gasteiger partial charge in [0.1, 0.15) is 5.75 Å². The molecule has 30 heavy (non-hydrogen) atoms. The topological polar surface area (TPSA) is 93.7 Å². The number of fused-ring (bicyclic) bond motifs is 1. The van der Waals surface area contributed by atoms with Crippen LogP contribution in [0.4, 0.5) is 4.79 Å². The van der Waals surface area contributed by atoms with Crippen LogP contribution >= 0.6 is 0 Å². The number of rotatable bonds is 7. The molecule has 0 aliphatic heterocycles. The van der Waals surface area contributed by atoms with Gasteiger partial charge < -0.3 is 20.1 Å². The lowest BCUT2D eigenvalue weighted by atomic mass is 10.0. The van der Waals surface area contributed by atoms with Gasteiger partial charge in [0.05, 0.1) is 6.61 Å². The van der Waals surface area contributed by atoms with Crippen molar-refractivity contribution < 1.29 is 23.9 Å². The maximum Gasteiger partial charge on any atom is 0.513 e. The zero-order valence-electron chi connectivity index (χ0n) is 16.5. The molecule has 0 aromatic heterocycles. The fraction of sp³-hybridized carbons (Fsp3) is 0.174. The zero-order chi connectivity index (χ0) is 21.3. The van der Waals surface area contributed by atoms with Gasteiger partial charge in [-0.05, 0) is 48.0 Å². The molecule has 7 heteroatoms. The highest BCUT2D eigenvalue weighted by Gasteiger charge is 2.10. The van der Waals surface area contributed by atoms with Gasteiger partial charge >= 0.3 is 6.16 Å². The smallest absolute Gasteiger partial charge is 0.434 e. The molecule has 0 unspecified atom stereocenters. The first-order valence-electron chi connectivity index (χ1n) is 9.57. The molecule has 0 fully saturated rings. The number of hydrogen-bond donors (Lipinski definition) is 2. The van der Waals surface area contributed by atoms with Crippen LogP contribution in [-0.4, -0.2) is 37.7 Å². The second-order valence-electron chi connectivity index (χ2n) is 6.35. The van der Waals surface area contributed by atoms with E-state index < -0.39 is 6.16 Å². The molecule has 0 radical (unpaired) electrons. The van der Waals surface area contributed by atoms with Crippen molar-refractivity contribution in [2.24, 2.45) is 0 Å². The van der Waals surface area contributed by atoms with Crippen LogP contribution < -0.4 is 15.4 Å². The van der Waals surface area contributed by atoms with Gasteiger partial charge in [-0.1, -0.05) is 36.4 Å². The molecule has 7 nitrogen and oxygen atoms in total. The minimum absolute atomic E-state index is 0.193. The zero-order valence-corrected chi connectivity index (χ0v) is 16.5. The molecule has 0 spiro atoms. The van der Waals surface area contributed by atoms with E-state index in [1.54, 1.807) is 25.1 Å². The number of carbonyl (C=O) groups excluding carboxylic acids is 3. The van der Waals surface area contributed by atoms with E-state index in [-0.39, 0.29) is 37.3 Å². The Balaban J connectivity index is 1.47. The van der Waals surface area contributed by atoms with Crippen molar-refractivity contribution in [1.82, 2.24) is 10.6 Å². The molecule has 0 saturated heterocycles. The molecule has 0 heterocycles. The third-order valence-corrected chi connectivity index (χ3v) is 4.31. The highest BCUT2D eigenvalue weighted by atomic mass is 16.7. The first kappa shape index (κ1) is 20.9. The van der Waals surface area contributed by atoms with Gasteiger partial charge in [0.2, 0.25) is 0 Å². The minimum atomic E-state index is -0.795. The standard InChI is InChI=1S/C23H22N2O5/c1-2-29-23(28)30-18-12-10-17(11-13-18)21(26)24-14-15-25-22(27)20-9-5-7-16-6-3-4-8-19(16)20/h3-13H,2,14-15H2,1H3,(H,24,26)(H,25,27). The third kappa shape index (κ3) is 5.35. The second kappa shape index (κ2) is 10.1. The molecular weight excluding hydrogens is 384 g/mol. The molecule has 2 N–H and O–H groups in total. The van der Waals surface area contributed by atoms with Gasteiger partial charge in [-0.3, -0.25) is 9.59 Å². The number of ether oxygens (including phenoxy) is 2. The predicted molar refractivity (Wildman–Crippen MR) is 113 cm³/mol. The monoisotopic (exact) mass is 406 g/mol. The van der Waals surface area contributed by atoms with Gasteiger partial charge in [0.15, 0.2) is 0 Å².